The molecular formula is C15H17Cl2N5O2. The molecule has 0 fully saturated rings. The summed E-state index contributed by atoms with van der Waals surface area (Å²) in [6.07, 6.45) is 1.74. The van der Waals surface area contributed by atoms with Crippen molar-refractivity contribution >= 4 is 29.1 Å². The summed E-state index contributed by atoms with van der Waals surface area (Å²) >= 11 is 12.8. The standard InChI is InChI=1S/C15H17Cl2N5O2/c1-7(2)15(3)5-8-4-10(12(17)11(16)9(8)6-15)24-14(20-23)13-18-21-22-19-13/h4,7,23H,5-6H2,1-3H3,(H,18,19,21,22). The van der Waals surface area contributed by atoms with E-state index in [1.54, 1.807) is 0 Å². The van der Waals surface area contributed by atoms with Gasteiger partial charge in [-0.15, -0.1) is 5.10 Å². The molecule has 128 valence electrons. The van der Waals surface area contributed by atoms with Gasteiger partial charge in [0.15, 0.2) is 0 Å². The maximum absolute atomic E-state index is 9.14. The molecule has 0 aliphatic heterocycles. The second kappa shape index (κ2) is 6.22. The van der Waals surface area contributed by atoms with Gasteiger partial charge in [-0.2, -0.15) is 0 Å². The van der Waals surface area contributed by atoms with Gasteiger partial charge in [-0.25, -0.2) is 5.10 Å². The summed E-state index contributed by atoms with van der Waals surface area (Å²) < 4.78 is 5.58. The molecule has 0 radical (unpaired) electrons. The first-order valence-corrected chi connectivity index (χ1v) is 8.25. The van der Waals surface area contributed by atoms with Gasteiger partial charge in [-0.05, 0) is 57.0 Å². The maximum Gasteiger partial charge on any atom is 0.302 e. The lowest BCUT2D eigenvalue weighted by Crippen LogP contribution is -2.23. The third-order valence-corrected chi connectivity index (χ3v) is 5.67. The summed E-state index contributed by atoms with van der Waals surface area (Å²) in [4.78, 5) is 0. The molecule has 2 N–H and O–H groups in total. The van der Waals surface area contributed by atoms with Crippen LogP contribution >= 0.6 is 23.2 Å². The number of hydrogen-bond donors (Lipinski definition) is 2. The van der Waals surface area contributed by atoms with Gasteiger partial charge in [-0.3, -0.25) is 0 Å². The highest BCUT2D eigenvalue weighted by Crippen LogP contribution is 2.48. The van der Waals surface area contributed by atoms with Gasteiger partial charge in [0, 0.05) is 0 Å². The third-order valence-electron chi connectivity index (χ3n) is 4.78. The van der Waals surface area contributed by atoms with Crippen molar-refractivity contribution in [3.05, 3.63) is 33.1 Å². The first-order chi connectivity index (χ1) is 11.4. The number of aromatic amines is 1. The number of rotatable bonds is 3. The number of nitrogens with one attached hydrogen (secondary N) is 1. The number of aromatic nitrogens is 4. The van der Waals surface area contributed by atoms with Crippen molar-refractivity contribution in [2.24, 2.45) is 16.5 Å². The summed E-state index contributed by atoms with van der Waals surface area (Å²) in [5.74, 6) is 0.691. The van der Waals surface area contributed by atoms with Crippen molar-refractivity contribution in [3.8, 4) is 5.75 Å². The molecule has 2 aromatic rings. The zero-order chi connectivity index (χ0) is 17.5. The molecule has 0 spiro atoms. The van der Waals surface area contributed by atoms with Crippen LogP contribution < -0.4 is 4.74 Å². The fourth-order valence-electron chi connectivity index (χ4n) is 2.89. The number of hydrogen-bond acceptors (Lipinski definition) is 6. The Kier molecular flexibility index (Phi) is 4.40. The predicted octanol–water partition coefficient (Wildman–Crippen LogP) is 3.48. The Balaban J connectivity index is 1.97. The quantitative estimate of drug-likeness (QED) is 0.373. The van der Waals surface area contributed by atoms with Crippen molar-refractivity contribution in [3.63, 3.8) is 0 Å². The highest BCUT2D eigenvalue weighted by molar-refractivity contribution is 6.43. The molecule has 0 bridgehead atoms. The first kappa shape index (κ1) is 17.0. The largest absolute Gasteiger partial charge is 0.432 e. The predicted molar refractivity (Wildman–Crippen MR) is 89.9 cm³/mol. The van der Waals surface area contributed by atoms with Crippen LogP contribution in [0.5, 0.6) is 5.75 Å². The molecule has 1 aliphatic rings. The summed E-state index contributed by atoms with van der Waals surface area (Å²) in [7, 11) is 0. The fraction of sp³-hybridized carbons (Fsp3) is 0.467. The number of nitrogens with zero attached hydrogens (tertiary/aromatic N) is 4. The second-order valence-electron chi connectivity index (χ2n) is 6.56. The van der Waals surface area contributed by atoms with Gasteiger partial charge in [0.25, 0.3) is 0 Å². The van der Waals surface area contributed by atoms with Gasteiger partial charge in [0.1, 0.15) is 10.8 Å². The van der Waals surface area contributed by atoms with Crippen molar-refractivity contribution in [1.82, 2.24) is 20.6 Å². The van der Waals surface area contributed by atoms with Crippen molar-refractivity contribution in [2.75, 3.05) is 0 Å². The topological polar surface area (TPSA) is 96.3 Å². The number of tetrazole rings is 1. The zero-order valence-electron chi connectivity index (χ0n) is 13.5. The van der Waals surface area contributed by atoms with Crippen LogP contribution in [0.3, 0.4) is 0 Å². The Labute approximate surface area is 149 Å². The Bertz CT molecular complexity index is 792. The minimum absolute atomic E-state index is 0.0807. The smallest absolute Gasteiger partial charge is 0.302 e. The third kappa shape index (κ3) is 2.82. The van der Waals surface area contributed by atoms with Crippen LogP contribution in [0.25, 0.3) is 0 Å². The molecule has 24 heavy (non-hydrogen) atoms. The Morgan fingerprint density at radius 1 is 1.38 bits per heavy atom. The fourth-order valence-corrected chi connectivity index (χ4v) is 3.38. The van der Waals surface area contributed by atoms with E-state index in [2.05, 4.69) is 46.6 Å². The summed E-state index contributed by atoms with van der Waals surface area (Å²) in [5, 5.41) is 25.9. The monoisotopic (exact) mass is 369 g/mol. The number of halogens is 2. The van der Waals surface area contributed by atoms with Crippen molar-refractivity contribution in [2.45, 2.75) is 33.6 Å². The molecule has 0 saturated heterocycles. The van der Waals surface area contributed by atoms with Crippen LogP contribution in [-0.4, -0.2) is 31.7 Å². The van der Waals surface area contributed by atoms with E-state index in [9.17, 15) is 0 Å². The average molecular weight is 370 g/mol. The SMILES string of the molecule is CC(C)C1(C)Cc2cc(OC(=NO)c3nnn[nH]3)c(Cl)c(Cl)c2C1. The summed E-state index contributed by atoms with van der Waals surface area (Å²) in [6, 6.07) is 1.84. The number of fused-ring (bicyclic) bond motifs is 1. The van der Waals surface area contributed by atoms with E-state index in [0.717, 1.165) is 24.0 Å². The van der Waals surface area contributed by atoms with Crippen LogP contribution in [-0.2, 0) is 12.8 Å². The van der Waals surface area contributed by atoms with Gasteiger partial charge in [0.2, 0.25) is 5.82 Å². The second-order valence-corrected chi connectivity index (χ2v) is 7.32. The number of ether oxygens (including phenoxy) is 1. The van der Waals surface area contributed by atoms with E-state index >= 15 is 0 Å². The van der Waals surface area contributed by atoms with Crippen LogP contribution in [0.1, 0.15) is 37.7 Å². The van der Waals surface area contributed by atoms with Gasteiger partial charge in [-0.1, -0.05) is 44.0 Å². The summed E-state index contributed by atoms with van der Waals surface area (Å²) in [6.45, 7) is 6.64. The molecule has 7 nitrogen and oxygen atoms in total. The molecule has 0 saturated carbocycles. The van der Waals surface area contributed by atoms with E-state index in [4.69, 9.17) is 33.1 Å². The van der Waals surface area contributed by atoms with Gasteiger partial charge >= 0.3 is 5.90 Å². The van der Waals surface area contributed by atoms with Gasteiger partial charge < -0.3 is 9.94 Å². The zero-order valence-corrected chi connectivity index (χ0v) is 15.0. The number of benzene rings is 1. The van der Waals surface area contributed by atoms with Crippen LogP contribution in [0.4, 0.5) is 0 Å². The minimum Gasteiger partial charge on any atom is -0.432 e. The first-order valence-electron chi connectivity index (χ1n) is 7.49. The van der Waals surface area contributed by atoms with Crippen LogP contribution in [0.2, 0.25) is 10.0 Å². The van der Waals surface area contributed by atoms with Crippen molar-refractivity contribution in [1.29, 1.82) is 0 Å². The Morgan fingerprint density at radius 3 is 2.71 bits per heavy atom. The molecule has 1 heterocycles. The van der Waals surface area contributed by atoms with E-state index < -0.39 is 0 Å². The molecule has 9 heteroatoms. The van der Waals surface area contributed by atoms with E-state index in [0.29, 0.717) is 16.7 Å². The molecule has 1 aliphatic carbocycles. The maximum atomic E-state index is 9.14. The molecule has 1 aromatic heterocycles. The Hall–Kier alpha value is -1.86. The highest BCUT2D eigenvalue weighted by Gasteiger charge is 2.38. The summed E-state index contributed by atoms with van der Waals surface area (Å²) in [5.41, 5.74) is 2.26. The normalized spacial score (nSPS) is 20.5. The lowest BCUT2D eigenvalue weighted by Gasteiger charge is -2.28. The van der Waals surface area contributed by atoms with Gasteiger partial charge in [0.05, 0.1) is 5.02 Å². The van der Waals surface area contributed by atoms with Crippen LogP contribution in [0.15, 0.2) is 11.2 Å². The average Bonchev–Trinajstić information content (AvgIpc) is 3.17. The molecule has 1 aromatic carbocycles. The van der Waals surface area contributed by atoms with E-state index in [1.165, 1.54) is 0 Å². The lowest BCUT2D eigenvalue weighted by molar-refractivity contribution is 0.234. The Morgan fingerprint density at radius 2 is 2.12 bits per heavy atom. The minimum atomic E-state index is -0.192. The number of H-pyrrole nitrogens is 1. The van der Waals surface area contributed by atoms with E-state index in [1.807, 2.05) is 6.07 Å². The van der Waals surface area contributed by atoms with Crippen LogP contribution in [0, 0.1) is 11.3 Å². The number of oxime groups is 1. The van der Waals surface area contributed by atoms with E-state index in [-0.39, 0.29) is 22.2 Å². The molecule has 0 amide bonds. The highest BCUT2D eigenvalue weighted by atomic mass is 35.5. The molecular weight excluding hydrogens is 353 g/mol. The molecule has 1 atom stereocenters. The molecule has 1 unspecified atom stereocenters. The lowest BCUT2D eigenvalue weighted by atomic mass is 9.77. The molecule has 3 rings (SSSR count). The van der Waals surface area contributed by atoms with Crippen molar-refractivity contribution < 1.29 is 9.94 Å².